The molecule has 3 aliphatic carbocycles. The number of hydrogen-bond acceptors (Lipinski definition) is 5. The van der Waals surface area contributed by atoms with E-state index in [2.05, 4.69) is 45.5 Å². The number of halogens is 2. The maximum atomic E-state index is 14.0. The lowest BCUT2D eigenvalue weighted by Crippen LogP contribution is -2.41. The number of imide groups is 1. The number of amides is 3. The van der Waals surface area contributed by atoms with Crippen LogP contribution in [-0.4, -0.2) is 30.3 Å². The molecule has 7 nitrogen and oxygen atoms in total. The zero-order valence-corrected chi connectivity index (χ0v) is 25.2. The molecule has 0 saturated carbocycles. The first-order valence-corrected chi connectivity index (χ1v) is 15.0. The van der Waals surface area contributed by atoms with Crippen LogP contribution in [0, 0.1) is 18.8 Å². The van der Waals surface area contributed by atoms with E-state index in [1.54, 1.807) is 24.3 Å². The fourth-order valence-electron chi connectivity index (χ4n) is 6.89. The molecule has 0 aromatic heterocycles. The van der Waals surface area contributed by atoms with Crippen molar-refractivity contribution in [3.63, 3.8) is 0 Å². The Morgan fingerprint density at radius 1 is 0.837 bits per heavy atom. The highest BCUT2D eigenvalue weighted by Crippen LogP contribution is 2.61. The standard InChI is InChI=1S/C34H24BrClN2O5/c1-17-13-24(35)25(36)15-26(17)37-27(39)16-43-34(42)18-7-6-8-19(14-18)38-32(40)30-28-20-9-2-3-10-21(20)29(31(30)33(38)41)23-12-5-4-11-22(23)28/h2-15,28-31H,16H2,1H3,(H,37,39)/t28?,29?,30-,31+. The van der Waals surface area contributed by atoms with Crippen LogP contribution in [0.2, 0.25) is 5.02 Å². The average Bonchev–Trinajstić information content (AvgIpc) is 3.28. The van der Waals surface area contributed by atoms with Gasteiger partial charge in [-0.2, -0.15) is 0 Å². The molecule has 4 aromatic rings. The van der Waals surface area contributed by atoms with E-state index in [9.17, 15) is 19.2 Å². The third kappa shape index (κ3) is 4.39. The molecule has 0 spiro atoms. The zero-order valence-electron chi connectivity index (χ0n) is 22.8. The number of ether oxygens (including phenoxy) is 1. The molecule has 2 bridgehead atoms. The highest BCUT2D eigenvalue weighted by molar-refractivity contribution is 9.10. The summed E-state index contributed by atoms with van der Waals surface area (Å²) in [5, 5.41) is 3.12. The van der Waals surface area contributed by atoms with E-state index in [1.807, 2.05) is 31.2 Å². The van der Waals surface area contributed by atoms with Crippen LogP contribution in [0.15, 0.2) is 89.4 Å². The molecular weight excluding hydrogens is 632 g/mol. The summed E-state index contributed by atoms with van der Waals surface area (Å²) in [6.07, 6.45) is 0. The molecule has 0 radical (unpaired) electrons. The Hall–Kier alpha value is -4.27. The first-order chi connectivity index (χ1) is 20.7. The van der Waals surface area contributed by atoms with Gasteiger partial charge in [0.15, 0.2) is 6.61 Å². The van der Waals surface area contributed by atoms with Crippen molar-refractivity contribution >= 4 is 62.6 Å². The number of nitrogens with zero attached hydrogens (tertiary/aromatic N) is 1. The molecule has 4 aliphatic rings. The maximum Gasteiger partial charge on any atom is 0.338 e. The number of carbonyl (C=O) groups is 4. The second-order valence-electron chi connectivity index (χ2n) is 11.0. The van der Waals surface area contributed by atoms with Gasteiger partial charge < -0.3 is 10.1 Å². The minimum atomic E-state index is -0.751. The van der Waals surface area contributed by atoms with Crippen LogP contribution in [0.4, 0.5) is 11.4 Å². The normalized spacial score (nSPS) is 21.2. The molecule has 1 heterocycles. The Bertz CT molecular complexity index is 1760. The topological polar surface area (TPSA) is 92.8 Å². The third-order valence-corrected chi connectivity index (χ3v) is 9.86. The van der Waals surface area contributed by atoms with Crippen molar-refractivity contribution < 1.29 is 23.9 Å². The molecule has 1 saturated heterocycles. The highest BCUT2D eigenvalue weighted by Gasteiger charge is 2.61. The highest BCUT2D eigenvalue weighted by atomic mass is 79.9. The molecule has 9 heteroatoms. The lowest BCUT2D eigenvalue weighted by Gasteiger charge is -2.45. The Morgan fingerprint density at radius 2 is 1.40 bits per heavy atom. The largest absolute Gasteiger partial charge is 0.452 e. The Balaban J connectivity index is 1.12. The van der Waals surface area contributed by atoms with E-state index in [-0.39, 0.29) is 29.2 Å². The number of esters is 1. The van der Waals surface area contributed by atoms with Gasteiger partial charge in [0.25, 0.3) is 5.91 Å². The van der Waals surface area contributed by atoms with Gasteiger partial charge in [-0.25, -0.2) is 9.69 Å². The fourth-order valence-corrected chi connectivity index (χ4v) is 7.51. The summed E-state index contributed by atoms with van der Waals surface area (Å²) in [4.78, 5) is 54.7. The number of benzene rings is 4. The number of hydrogen-bond donors (Lipinski definition) is 1. The predicted molar refractivity (Wildman–Crippen MR) is 165 cm³/mol. The van der Waals surface area contributed by atoms with E-state index >= 15 is 0 Å². The van der Waals surface area contributed by atoms with Gasteiger partial charge in [-0.3, -0.25) is 14.4 Å². The summed E-state index contributed by atoms with van der Waals surface area (Å²) in [5.41, 5.74) is 6.07. The first-order valence-electron chi connectivity index (χ1n) is 13.8. The zero-order chi connectivity index (χ0) is 30.0. The summed E-state index contributed by atoms with van der Waals surface area (Å²) >= 11 is 9.48. The second kappa shape index (κ2) is 10.5. The van der Waals surface area contributed by atoms with Crippen molar-refractivity contribution in [3.8, 4) is 0 Å². The number of rotatable bonds is 5. The predicted octanol–water partition coefficient (Wildman–Crippen LogP) is 6.60. The lowest BCUT2D eigenvalue weighted by atomic mass is 9.55. The van der Waals surface area contributed by atoms with Gasteiger partial charge in [0.2, 0.25) is 11.8 Å². The minimum absolute atomic E-state index is 0.123. The summed E-state index contributed by atoms with van der Waals surface area (Å²) in [6, 6.07) is 25.7. The van der Waals surface area contributed by atoms with E-state index in [1.165, 1.54) is 17.0 Å². The van der Waals surface area contributed by atoms with Crippen LogP contribution in [0.1, 0.15) is 50.0 Å². The molecule has 1 N–H and O–H groups in total. The van der Waals surface area contributed by atoms with Crippen molar-refractivity contribution in [2.24, 2.45) is 11.8 Å². The molecule has 8 rings (SSSR count). The van der Waals surface area contributed by atoms with Gasteiger partial charge in [-0.15, -0.1) is 0 Å². The molecule has 3 amide bonds. The van der Waals surface area contributed by atoms with Gasteiger partial charge in [0.05, 0.1) is 28.1 Å². The van der Waals surface area contributed by atoms with E-state index < -0.39 is 30.3 Å². The third-order valence-electron chi connectivity index (χ3n) is 8.66. The van der Waals surface area contributed by atoms with Gasteiger partial charge in [-0.05, 0) is 81.0 Å². The summed E-state index contributed by atoms with van der Waals surface area (Å²) < 4.78 is 5.97. The summed E-state index contributed by atoms with van der Waals surface area (Å²) in [5.74, 6) is -3.34. The lowest BCUT2D eigenvalue weighted by molar-refractivity contribution is -0.122. The minimum Gasteiger partial charge on any atom is -0.452 e. The van der Waals surface area contributed by atoms with Crippen LogP contribution in [0.3, 0.4) is 0 Å². The molecule has 2 atom stereocenters. The van der Waals surface area contributed by atoms with Gasteiger partial charge >= 0.3 is 5.97 Å². The van der Waals surface area contributed by atoms with Crippen molar-refractivity contribution in [1.82, 2.24) is 0 Å². The molecule has 0 unspecified atom stereocenters. The maximum absolute atomic E-state index is 14.0. The molecular formula is C34H24BrClN2O5. The average molecular weight is 656 g/mol. The number of nitrogens with one attached hydrogen (secondary N) is 1. The molecule has 4 aromatic carbocycles. The van der Waals surface area contributed by atoms with Crippen LogP contribution in [-0.2, 0) is 19.1 Å². The smallest absolute Gasteiger partial charge is 0.338 e. The summed E-state index contributed by atoms with van der Waals surface area (Å²) in [7, 11) is 0. The fraction of sp³-hybridized carbons (Fsp3) is 0.176. The monoisotopic (exact) mass is 654 g/mol. The molecule has 214 valence electrons. The van der Waals surface area contributed by atoms with Gasteiger partial charge in [0.1, 0.15) is 0 Å². The SMILES string of the molecule is Cc1cc(Br)c(Cl)cc1NC(=O)COC(=O)c1cccc(N2C(=O)[C@@H]3C4c5ccccc5C(c5ccccc54)[C@@H]3C2=O)c1. The van der Waals surface area contributed by atoms with Crippen molar-refractivity contribution in [1.29, 1.82) is 0 Å². The van der Waals surface area contributed by atoms with Crippen molar-refractivity contribution in [2.45, 2.75) is 18.8 Å². The van der Waals surface area contributed by atoms with Crippen LogP contribution in [0.5, 0.6) is 0 Å². The summed E-state index contributed by atoms with van der Waals surface area (Å²) in [6.45, 7) is 1.29. The van der Waals surface area contributed by atoms with Crippen LogP contribution >= 0.6 is 27.5 Å². The van der Waals surface area contributed by atoms with Crippen LogP contribution in [0.25, 0.3) is 0 Å². The second-order valence-corrected chi connectivity index (χ2v) is 12.3. The number of anilines is 2. The molecule has 43 heavy (non-hydrogen) atoms. The Morgan fingerprint density at radius 3 is 1.95 bits per heavy atom. The number of carbonyl (C=O) groups excluding carboxylic acids is 4. The quantitative estimate of drug-likeness (QED) is 0.193. The Labute approximate surface area is 260 Å². The molecule has 1 fully saturated rings. The van der Waals surface area contributed by atoms with Gasteiger partial charge in [-0.1, -0.05) is 66.2 Å². The van der Waals surface area contributed by atoms with E-state index in [4.69, 9.17) is 16.3 Å². The van der Waals surface area contributed by atoms with Gasteiger partial charge in [0, 0.05) is 22.0 Å². The molecule has 1 aliphatic heterocycles. The van der Waals surface area contributed by atoms with E-state index in [0.717, 1.165) is 27.8 Å². The van der Waals surface area contributed by atoms with Crippen molar-refractivity contribution in [2.75, 3.05) is 16.8 Å². The van der Waals surface area contributed by atoms with E-state index in [0.29, 0.717) is 20.9 Å². The Kier molecular flexibility index (Phi) is 6.71. The van der Waals surface area contributed by atoms with Crippen LogP contribution < -0.4 is 10.2 Å². The first kappa shape index (κ1) is 27.6. The number of aryl methyl sites for hydroxylation is 1. The van der Waals surface area contributed by atoms with Crippen molar-refractivity contribution in [3.05, 3.63) is 128 Å².